The number of rotatable bonds is 6. The number of piperidine rings is 1. The van der Waals surface area contributed by atoms with Crippen molar-refractivity contribution in [1.82, 2.24) is 10.3 Å². The molecule has 1 aromatic heterocycles. The second kappa shape index (κ2) is 11.1. The van der Waals surface area contributed by atoms with Crippen LogP contribution in [0.15, 0.2) is 72.8 Å². The molecule has 0 atom stereocenters. The van der Waals surface area contributed by atoms with Crippen LogP contribution in [-0.2, 0) is 10.0 Å². The van der Waals surface area contributed by atoms with E-state index in [-0.39, 0.29) is 29.4 Å². The zero-order valence-corrected chi connectivity index (χ0v) is 23.2. The highest BCUT2D eigenvalue weighted by molar-refractivity contribution is 7.93. The first-order chi connectivity index (χ1) is 19.0. The van der Waals surface area contributed by atoms with Crippen molar-refractivity contribution in [3.05, 3.63) is 99.5 Å². The van der Waals surface area contributed by atoms with Gasteiger partial charge in [-0.3, -0.25) is 4.31 Å². The first kappa shape index (κ1) is 28.5. The minimum atomic E-state index is -5.81. The van der Waals surface area contributed by atoms with Crippen molar-refractivity contribution in [2.24, 2.45) is 0 Å². The molecular formula is C28H24Cl2F3N3O3S. The number of hydrogen-bond donors (Lipinski definition) is 2. The third-order valence-electron chi connectivity index (χ3n) is 6.97. The average molecular weight is 610 g/mol. The molecule has 6 nitrogen and oxygen atoms in total. The van der Waals surface area contributed by atoms with Crippen LogP contribution in [0, 0.1) is 0 Å². The minimum Gasteiger partial charge on any atom is -0.493 e. The summed E-state index contributed by atoms with van der Waals surface area (Å²) in [6, 6.07) is 19.3. The maximum Gasteiger partial charge on any atom is 0.516 e. The number of nitrogens with zero attached hydrogens (tertiary/aromatic N) is 2. The molecule has 0 saturated carbocycles. The number of nitrogens with one attached hydrogen (secondary N) is 1. The van der Waals surface area contributed by atoms with Crippen LogP contribution in [0.4, 0.5) is 18.9 Å². The van der Waals surface area contributed by atoms with Gasteiger partial charge in [-0.2, -0.15) is 21.6 Å². The Morgan fingerprint density at radius 2 is 1.40 bits per heavy atom. The molecule has 0 spiro atoms. The van der Waals surface area contributed by atoms with Gasteiger partial charge in [0.2, 0.25) is 5.88 Å². The Labute approximate surface area is 239 Å². The van der Waals surface area contributed by atoms with E-state index in [1.165, 1.54) is 0 Å². The SMILES string of the molecule is O=S(=O)(N(c1cc(O)nc2ccc(C(c3ccc(Cl)cc3)c3ccc(Cl)cc3)cc12)C1CCNCC1)C(F)(F)F. The second-order valence-electron chi connectivity index (χ2n) is 9.54. The van der Waals surface area contributed by atoms with Crippen molar-refractivity contribution in [3.8, 4) is 5.88 Å². The minimum absolute atomic E-state index is 0.154. The third kappa shape index (κ3) is 5.58. The molecular weight excluding hydrogens is 586 g/mol. The molecule has 0 radical (unpaired) electrons. The van der Waals surface area contributed by atoms with Crippen LogP contribution in [0.25, 0.3) is 10.9 Å². The summed E-state index contributed by atoms with van der Waals surface area (Å²) in [5.74, 6) is -0.981. The van der Waals surface area contributed by atoms with Crippen LogP contribution >= 0.6 is 23.2 Å². The number of pyridine rings is 1. The van der Waals surface area contributed by atoms with Crippen molar-refractivity contribution in [2.45, 2.75) is 30.3 Å². The summed E-state index contributed by atoms with van der Waals surface area (Å²) in [5, 5.41) is 14.6. The van der Waals surface area contributed by atoms with E-state index >= 15 is 0 Å². The molecule has 2 heterocycles. The van der Waals surface area contributed by atoms with Crippen LogP contribution in [0.1, 0.15) is 35.4 Å². The number of anilines is 1. The molecule has 4 aromatic rings. The van der Waals surface area contributed by atoms with Crippen molar-refractivity contribution < 1.29 is 26.7 Å². The van der Waals surface area contributed by atoms with Crippen LogP contribution in [-0.4, -0.2) is 43.1 Å². The highest BCUT2D eigenvalue weighted by Gasteiger charge is 2.52. The molecule has 3 aromatic carbocycles. The van der Waals surface area contributed by atoms with Gasteiger partial charge < -0.3 is 10.4 Å². The van der Waals surface area contributed by atoms with Gasteiger partial charge in [-0.15, -0.1) is 0 Å². The van der Waals surface area contributed by atoms with E-state index in [2.05, 4.69) is 10.3 Å². The van der Waals surface area contributed by atoms with E-state index in [1.807, 2.05) is 24.3 Å². The lowest BCUT2D eigenvalue weighted by atomic mass is 9.84. The Morgan fingerprint density at radius 1 is 0.875 bits per heavy atom. The summed E-state index contributed by atoms with van der Waals surface area (Å²) in [6.07, 6.45) is 0.329. The molecule has 0 amide bonds. The van der Waals surface area contributed by atoms with Crippen molar-refractivity contribution in [3.63, 3.8) is 0 Å². The molecule has 0 bridgehead atoms. The van der Waals surface area contributed by atoms with E-state index in [0.717, 1.165) is 17.2 Å². The third-order valence-corrected chi connectivity index (χ3v) is 9.07. The molecule has 40 heavy (non-hydrogen) atoms. The van der Waals surface area contributed by atoms with Gasteiger partial charge >= 0.3 is 15.5 Å². The molecule has 12 heteroatoms. The van der Waals surface area contributed by atoms with Crippen LogP contribution in [0.3, 0.4) is 0 Å². The van der Waals surface area contributed by atoms with E-state index < -0.39 is 33.4 Å². The number of alkyl halides is 3. The molecule has 1 aliphatic rings. The molecule has 0 aliphatic carbocycles. The monoisotopic (exact) mass is 609 g/mol. The maximum atomic E-state index is 14.0. The first-order valence-corrected chi connectivity index (χ1v) is 14.6. The fourth-order valence-corrected chi connectivity index (χ4v) is 6.63. The zero-order chi connectivity index (χ0) is 28.7. The Morgan fingerprint density at radius 3 is 1.93 bits per heavy atom. The molecule has 0 unspecified atom stereocenters. The second-order valence-corrected chi connectivity index (χ2v) is 12.2. The smallest absolute Gasteiger partial charge is 0.493 e. The Kier molecular flexibility index (Phi) is 7.89. The Hall–Kier alpha value is -3.05. The van der Waals surface area contributed by atoms with Gasteiger partial charge in [-0.25, -0.2) is 4.98 Å². The molecule has 210 valence electrons. The normalized spacial score (nSPS) is 15.1. The zero-order valence-electron chi connectivity index (χ0n) is 20.9. The number of aromatic hydroxyl groups is 1. The van der Waals surface area contributed by atoms with Gasteiger partial charge in [0.15, 0.2) is 0 Å². The summed E-state index contributed by atoms with van der Waals surface area (Å²) in [4.78, 5) is 4.08. The number of benzene rings is 3. The standard InChI is InChI=1S/C28H24Cl2F3N3O3S/c29-20-6-1-17(2-7-20)27(18-3-8-21(30)9-4-18)19-5-10-24-23(15-19)25(16-26(37)35-24)36(22-11-13-34-14-12-22)40(38,39)28(31,32)33/h1-10,15-16,22,27,34H,11-14H2,(H,35,37). The van der Waals surface area contributed by atoms with Crippen LogP contribution in [0.2, 0.25) is 10.0 Å². The van der Waals surface area contributed by atoms with E-state index in [4.69, 9.17) is 23.2 Å². The van der Waals surface area contributed by atoms with Crippen LogP contribution in [0.5, 0.6) is 5.88 Å². The Balaban J connectivity index is 1.75. The number of hydrogen-bond acceptors (Lipinski definition) is 5. The van der Waals surface area contributed by atoms with Crippen LogP contribution < -0.4 is 9.62 Å². The fraction of sp³-hybridized carbons (Fsp3) is 0.250. The summed E-state index contributed by atoms with van der Waals surface area (Å²) in [7, 11) is -5.81. The Bertz CT molecular complexity index is 1580. The van der Waals surface area contributed by atoms with Gasteiger partial charge in [0, 0.05) is 33.5 Å². The number of sulfonamides is 1. The number of halogens is 5. The summed E-state index contributed by atoms with van der Waals surface area (Å²) in [6.45, 7) is 0.702. The fourth-order valence-electron chi connectivity index (χ4n) is 5.14. The number of aromatic nitrogens is 1. The quantitative estimate of drug-likeness (QED) is 0.234. The molecule has 1 saturated heterocycles. The van der Waals surface area contributed by atoms with Gasteiger partial charge in [-0.05, 0) is 79.0 Å². The van der Waals surface area contributed by atoms with Gasteiger partial charge in [-0.1, -0.05) is 53.5 Å². The van der Waals surface area contributed by atoms with E-state index in [1.54, 1.807) is 42.5 Å². The van der Waals surface area contributed by atoms with Crippen molar-refractivity contribution >= 4 is 49.8 Å². The summed E-state index contributed by atoms with van der Waals surface area (Å²) >= 11 is 12.2. The molecule has 1 fully saturated rings. The van der Waals surface area contributed by atoms with E-state index in [9.17, 15) is 26.7 Å². The van der Waals surface area contributed by atoms with Crippen molar-refractivity contribution in [1.29, 1.82) is 0 Å². The molecule has 1 aliphatic heterocycles. The van der Waals surface area contributed by atoms with E-state index in [0.29, 0.717) is 33.0 Å². The maximum absolute atomic E-state index is 14.0. The predicted molar refractivity (Wildman–Crippen MR) is 151 cm³/mol. The van der Waals surface area contributed by atoms with Gasteiger partial charge in [0.25, 0.3) is 0 Å². The topological polar surface area (TPSA) is 82.5 Å². The van der Waals surface area contributed by atoms with Gasteiger partial charge in [0.1, 0.15) is 0 Å². The lowest BCUT2D eigenvalue weighted by Gasteiger charge is -2.36. The summed E-state index contributed by atoms with van der Waals surface area (Å²) in [5.41, 5.74) is -3.31. The molecule has 2 N–H and O–H groups in total. The summed E-state index contributed by atoms with van der Waals surface area (Å²) < 4.78 is 68.4. The highest BCUT2D eigenvalue weighted by Crippen LogP contribution is 2.41. The predicted octanol–water partition coefficient (Wildman–Crippen LogP) is 6.84. The number of fused-ring (bicyclic) bond motifs is 1. The largest absolute Gasteiger partial charge is 0.516 e. The first-order valence-electron chi connectivity index (χ1n) is 12.4. The average Bonchev–Trinajstić information content (AvgIpc) is 2.91. The van der Waals surface area contributed by atoms with Crippen molar-refractivity contribution in [2.75, 3.05) is 17.4 Å². The van der Waals surface area contributed by atoms with Gasteiger partial charge in [0.05, 0.1) is 11.2 Å². The highest BCUT2D eigenvalue weighted by atomic mass is 35.5. The lowest BCUT2D eigenvalue weighted by Crippen LogP contribution is -2.50. The molecule has 5 rings (SSSR count). The lowest BCUT2D eigenvalue weighted by molar-refractivity contribution is -0.0441.